The van der Waals surface area contributed by atoms with E-state index in [0.29, 0.717) is 0 Å². The predicted molar refractivity (Wildman–Crippen MR) is 67.2 cm³/mol. The average Bonchev–Trinajstić information content (AvgIpc) is 2.29. The second kappa shape index (κ2) is 4.66. The number of anilines is 2. The molecule has 82 valence electrons. The molecule has 0 aliphatic carbocycles. The number of hydrogen-bond acceptors (Lipinski definition) is 3. The molecular weight excluding hydrogens is 198 g/mol. The Morgan fingerprint density at radius 3 is 2.62 bits per heavy atom. The Balaban J connectivity index is 2.05. The summed E-state index contributed by atoms with van der Waals surface area (Å²) in [5.74, 6) is 0. The number of benzene rings is 1. The van der Waals surface area contributed by atoms with Crippen molar-refractivity contribution < 1.29 is 0 Å². The fourth-order valence-corrected chi connectivity index (χ4v) is 1.58. The predicted octanol–water partition coefficient (Wildman–Crippen LogP) is 2.58. The molecule has 0 aliphatic heterocycles. The van der Waals surface area contributed by atoms with Gasteiger partial charge in [-0.2, -0.15) is 0 Å². The third-order valence-corrected chi connectivity index (χ3v) is 2.48. The van der Waals surface area contributed by atoms with Crippen molar-refractivity contribution in [2.24, 2.45) is 0 Å². The first-order valence-electron chi connectivity index (χ1n) is 5.24. The third-order valence-electron chi connectivity index (χ3n) is 2.48. The van der Waals surface area contributed by atoms with E-state index < -0.39 is 0 Å². The van der Waals surface area contributed by atoms with Gasteiger partial charge in [-0.05, 0) is 48.4 Å². The monoisotopic (exact) mass is 213 g/mol. The molecule has 0 saturated heterocycles. The Kier molecular flexibility index (Phi) is 3.05. The number of aryl methyl sites for hydroxylation is 1. The highest BCUT2D eigenvalue weighted by Gasteiger charge is 1.98. The number of nitrogens with two attached hydrogens (primary N) is 1. The molecule has 0 saturated carbocycles. The quantitative estimate of drug-likeness (QED) is 0.770. The number of pyridine rings is 1. The number of aromatic nitrogens is 1. The van der Waals surface area contributed by atoms with E-state index in [0.717, 1.165) is 23.5 Å². The van der Waals surface area contributed by atoms with Gasteiger partial charge in [0.1, 0.15) is 0 Å². The minimum absolute atomic E-state index is 0.798. The molecule has 0 unspecified atom stereocenters. The highest BCUT2D eigenvalue weighted by Crippen LogP contribution is 2.18. The van der Waals surface area contributed by atoms with Crippen LogP contribution in [0.15, 0.2) is 42.7 Å². The first kappa shape index (κ1) is 10.5. The summed E-state index contributed by atoms with van der Waals surface area (Å²) in [6.45, 7) is 2.85. The van der Waals surface area contributed by atoms with Crippen LogP contribution < -0.4 is 11.1 Å². The van der Waals surface area contributed by atoms with Gasteiger partial charge in [0.05, 0.1) is 0 Å². The first-order chi connectivity index (χ1) is 7.75. The minimum Gasteiger partial charge on any atom is -0.399 e. The van der Waals surface area contributed by atoms with Crippen molar-refractivity contribution in [3.05, 3.63) is 53.9 Å². The molecule has 0 bridgehead atoms. The summed E-state index contributed by atoms with van der Waals surface area (Å²) in [6.07, 6.45) is 3.60. The topological polar surface area (TPSA) is 50.9 Å². The van der Waals surface area contributed by atoms with Gasteiger partial charge in [-0.25, -0.2) is 0 Å². The summed E-state index contributed by atoms with van der Waals surface area (Å²) in [4.78, 5) is 3.99. The minimum atomic E-state index is 0.798. The first-order valence-corrected chi connectivity index (χ1v) is 5.24. The van der Waals surface area contributed by atoms with E-state index in [1.807, 2.05) is 37.3 Å². The molecule has 2 aromatic rings. The molecule has 1 heterocycles. The van der Waals surface area contributed by atoms with E-state index in [2.05, 4.69) is 10.3 Å². The van der Waals surface area contributed by atoms with Gasteiger partial charge in [0.15, 0.2) is 0 Å². The number of hydrogen-bond donors (Lipinski definition) is 2. The summed E-state index contributed by atoms with van der Waals surface area (Å²) in [5.41, 5.74) is 9.99. The van der Waals surface area contributed by atoms with Gasteiger partial charge >= 0.3 is 0 Å². The number of nitrogens with zero attached hydrogens (tertiary/aromatic N) is 1. The van der Waals surface area contributed by atoms with Gasteiger partial charge in [-0.3, -0.25) is 4.98 Å². The standard InChI is InChI=1S/C13H15N3/c1-10-8-12(14)2-3-13(10)16-9-11-4-6-15-7-5-11/h2-8,16H,9,14H2,1H3. The highest BCUT2D eigenvalue weighted by molar-refractivity contribution is 5.57. The molecule has 3 nitrogen and oxygen atoms in total. The molecule has 3 N–H and O–H groups in total. The van der Waals surface area contributed by atoms with Gasteiger partial charge in [-0.15, -0.1) is 0 Å². The van der Waals surface area contributed by atoms with Crippen LogP contribution in [0.5, 0.6) is 0 Å². The molecule has 0 spiro atoms. The number of rotatable bonds is 3. The Labute approximate surface area is 95.3 Å². The summed E-state index contributed by atoms with van der Waals surface area (Å²) in [6, 6.07) is 9.88. The van der Waals surface area contributed by atoms with Gasteiger partial charge in [0.25, 0.3) is 0 Å². The van der Waals surface area contributed by atoms with Crippen LogP contribution in [0.25, 0.3) is 0 Å². The van der Waals surface area contributed by atoms with Gasteiger partial charge in [0, 0.05) is 30.3 Å². The zero-order valence-corrected chi connectivity index (χ0v) is 9.27. The average molecular weight is 213 g/mol. The molecule has 0 aliphatic rings. The Bertz CT molecular complexity index is 466. The molecule has 1 aromatic carbocycles. The lowest BCUT2D eigenvalue weighted by molar-refractivity contribution is 1.12. The zero-order chi connectivity index (χ0) is 11.4. The van der Waals surface area contributed by atoms with Gasteiger partial charge in [-0.1, -0.05) is 0 Å². The molecule has 0 amide bonds. The van der Waals surface area contributed by atoms with Crippen molar-refractivity contribution >= 4 is 11.4 Å². The van der Waals surface area contributed by atoms with E-state index in [4.69, 9.17) is 5.73 Å². The van der Waals surface area contributed by atoms with Crippen molar-refractivity contribution in [3.8, 4) is 0 Å². The van der Waals surface area contributed by atoms with Crippen LogP contribution in [0.4, 0.5) is 11.4 Å². The fourth-order valence-electron chi connectivity index (χ4n) is 1.58. The van der Waals surface area contributed by atoms with E-state index in [1.165, 1.54) is 5.56 Å². The Morgan fingerprint density at radius 2 is 1.94 bits per heavy atom. The highest BCUT2D eigenvalue weighted by atomic mass is 14.9. The molecule has 0 radical (unpaired) electrons. The lowest BCUT2D eigenvalue weighted by atomic mass is 10.1. The summed E-state index contributed by atoms with van der Waals surface area (Å²) >= 11 is 0. The Morgan fingerprint density at radius 1 is 1.19 bits per heavy atom. The SMILES string of the molecule is Cc1cc(N)ccc1NCc1ccncc1. The molecule has 0 fully saturated rings. The maximum atomic E-state index is 5.70. The van der Waals surface area contributed by atoms with Crippen LogP contribution in [0.2, 0.25) is 0 Å². The van der Waals surface area contributed by atoms with Crippen LogP contribution in [-0.2, 0) is 6.54 Å². The van der Waals surface area contributed by atoms with Gasteiger partial charge < -0.3 is 11.1 Å². The van der Waals surface area contributed by atoms with Crippen molar-refractivity contribution in [3.63, 3.8) is 0 Å². The van der Waals surface area contributed by atoms with Crippen molar-refractivity contribution in [1.82, 2.24) is 4.98 Å². The lowest BCUT2D eigenvalue weighted by Gasteiger charge is -2.09. The second-order valence-corrected chi connectivity index (χ2v) is 3.78. The van der Waals surface area contributed by atoms with Crippen LogP contribution >= 0.6 is 0 Å². The van der Waals surface area contributed by atoms with E-state index in [1.54, 1.807) is 12.4 Å². The smallest absolute Gasteiger partial charge is 0.0401 e. The Hall–Kier alpha value is -2.03. The molecule has 1 aromatic heterocycles. The summed E-state index contributed by atoms with van der Waals surface area (Å²) in [7, 11) is 0. The number of nitrogens with one attached hydrogen (secondary N) is 1. The van der Waals surface area contributed by atoms with Crippen molar-refractivity contribution in [1.29, 1.82) is 0 Å². The van der Waals surface area contributed by atoms with E-state index >= 15 is 0 Å². The van der Waals surface area contributed by atoms with E-state index in [-0.39, 0.29) is 0 Å². The molecule has 2 rings (SSSR count). The van der Waals surface area contributed by atoms with Crippen molar-refractivity contribution in [2.75, 3.05) is 11.1 Å². The second-order valence-electron chi connectivity index (χ2n) is 3.78. The molecular formula is C13H15N3. The van der Waals surface area contributed by atoms with Crippen LogP contribution in [0, 0.1) is 6.92 Å². The summed E-state index contributed by atoms with van der Waals surface area (Å²) in [5, 5.41) is 3.37. The van der Waals surface area contributed by atoms with Gasteiger partial charge in [0.2, 0.25) is 0 Å². The van der Waals surface area contributed by atoms with Crippen LogP contribution in [0.3, 0.4) is 0 Å². The van der Waals surface area contributed by atoms with Crippen LogP contribution in [-0.4, -0.2) is 4.98 Å². The fraction of sp³-hybridized carbons (Fsp3) is 0.154. The molecule has 0 atom stereocenters. The largest absolute Gasteiger partial charge is 0.399 e. The lowest BCUT2D eigenvalue weighted by Crippen LogP contribution is -2.01. The van der Waals surface area contributed by atoms with Crippen molar-refractivity contribution in [2.45, 2.75) is 13.5 Å². The maximum Gasteiger partial charge on any atom is 0.0401 e. The zero-order valence-electron chi connectivity index (χ0n) is 9.27. The normalized spacial score (nSPS) is 10.1. The maximum absolute atomic E-state index is 5.70. The van der Waals surface area contributed by atoms with E-state index in [9.17, 15) is 0 Å². The van der Waals surface area contributed by atoms with Crippen LogP contribution in [0.1, 0.15) is 11.1 Å². The third kappa shape index (κ3) is 2.51. The molecule has 3 heteroatoms. The summed E-state index contributed by atoms with van der Waals surface area (Å²) < 4.78 is 0. The number of nitrogen functional groups attached to an aromatic ring is 1. The molecule has 16 heavy (non-hydrogen) atoms.